The fraction of sp³-hybridized carbons (Fsp3) is 0.583. The summed E-state index contributed by atoms with van der Waals surface area (Å²) in [4.78, 5) is 2.99. The molecule has 0 nitrogen and oxygen atoms in total. The van der Waals surface area contributed by atoms with Crippen molar-refractivity contribution in [3.63, 3.8) is 0 Å². The first-order chi connectivity index (χ1) is 6.47. The van der Waals surface area contributed by atoms with E-state index < -0.39 is 0 Å². The zero-order valence-electron chi connectivity index (χ0n) is 9.50. The Bertz CT molecular complexity index is 279. The summed E-state index contributed by atoms with van der Waals surface area (Å²) in [5.41, 5.74) is 2.03. The molecule has 78 valence electrons. The predicted molar refractivity (Wildman–Crippen MR) is 57.0 cm³/mol. The van der Waals surface area contributed by atoms with Crippen LogP contribution in [0.25, 0.3) is 0 Å². The quantitative estimate of drug-likeness (QED) is 0.681. The molecule has 0 N–H and O–H groups in total. The summed E-state index contributed by atoms with van der Waals surface area (Å²) in [6, 6.07) is 0. The van der Waals surface area contributed by atoms with Crippen LogP contribution >= 0.6 is 0 Å². The van der Waals surface area contributed by atoms with E-state index in [-0.39, 0.29) is 18.6 Å². The molecule has 1 aliphatic rings. The molecule has 0 saturated carbocycles. The summed E-state index contributed by atoms with van der Waals surface area (Å²) in [6.45, 7) is 9.32. The maximum atomic E-state index is 2.43. The average Bonchev–Trinajstić information content (AvgIpc) is 2.01. The molecule has 2 heteroatoms. The second-order valence-corrected chi connectivity index (χ2v) is 10.2. The van der Waals surface area contributed by atoms with Crippen LogP contribution in [0, 0.1) is 5.41 Å². The Labute approximate surface area is 103 Å². The summed E-state index contributed by atoms with van der Waals surface area (Å²) in [5.74, 6) is 0. The second kappa shape index (κ2) is 5.64. The van der Waals surface area contributed by atoms with Gasteiger partial charge < -0.3 is 0 Å². The molecule has 0 atom stereocenters. The van der Waals surface area contributed by atoms with Crippen molar-refractivity contribution in [2.75, 3.05) is 0 Å². The van der Waals surface area contributed by atoms with Crippen LogP contribution in [-0.4, -0.2) is 4.73 Å². The van der Waals surface area contributed by atoms with Crippen LogP contribution in [0.1, 0.15) is 27.7 Å². The van der Waals surface area contributed by atoms with Crippen LogP contribution in [0.2, 0.25) is 9.62 Å². The molecule has 0 aromatic heterocycles. The van der Waals surface area contributed by atoms with Crippen molar-refractivity contribution in [1.29, 1.82) is 0 Å². The molecule has 0 aromatic rings. The van der Waals surface area contributed by atoms with Gasteiger partial charge in [-0.15, -0.1) is 0 Å². The molecule has 0 radical (unpaired) electrons. The van der Waals surface area contributed by atoms with Crippen molar-refractivity contribution >= 4 is 4.73 Å². The number of hydrogen-bond acceptors (Lipinski definition) is 0. The molecule has 1 rings (SSSR count). The van der Waals surface area contributed by atoms with Gasteiger partial charge in [0.1, 0.15) is 0 Å². The third-order valence-corrected chi connectivity index (χ3v) is 10.2. The van der Waals surface area contributed by atoms with Gasteiger partial charge in [-0.2, -0.15) is 0 Å². The molecule has 0 spiro atoms. The average molecular weight is 398 g/mol. The van der Waals surface area contributed by atoms with E-state index in [4.69, 9.17) is 0 Å². The summed E-state index contributed by atoms with van der Waals surface area (Å²) < 4.78 is 4.17. The van der Waals surface area contributed by atoms with E-state index >= 15 is 0 Å². The van der Waals surface area contributed by atoms with Crippen LogP contribution in [0.15, 0.2) is 22.0 Å². The van der Waals surface area contributed by atoms with Gasteiger partial charge in [-0.25, -0.2) is 0 Å². The Morgan fingerprint density at radius 2 is 2.07 bits per heavy atom. The van der Waals surface area contributed by atoms with Crippen molar-refractivity contribution in [2.24, 2.45) is 5.41 Å². The predicted octanol–water partition coefficient (Wildman–Crippen LogP) is 3.68. The third kappa shape index (κ3) is 5.49. The van der Waals surface area contributed by atoms with Crippen LogP contribution in [-0.2, 0) is 34.4 Å². The minimum absolute atomic E-state index is 0.0936. The normalized spacial score (nSPS) is 16.6. The Balaban J connectivity index is 2.33. The molecule has 0 saturated heterocycles. The van der Waals surface area contributed by atoms with Gasteiger partial charge in [0, 0.05) is 0 Å². The zero-order chi connectivity index (χ0) is 10.6. The van der Waals surface area contributed by atoms with Gasteiger partial charge in [0.2, 0.25) is 0 Å². The van der Waals surface area contributed by atoms with Crippen LogP contribution in [0.4, 0.5) is 0 Å². The first kappa shape index (κ1) is 12.7. The van der Waals surface area contributed by atoms with Crippen molar-refractivity contribution in [3.8, 4) is 0 Å². The van der Waals surface area contributed by atoms with Gasteiger partial charge in [-0.3, -0.25) is 0 Å². The Morgan fingerprint density at radius 1 is 1.36 bits per heavy atom. The number of allylic oxidation sites excluding steroid dienone is 4. The maximum absolute atomic E-state index is 2.43. The Morgan fingerprint density at radius 3 is 2.64 bits per heavy atom. The minimum atomic E-state index is -0.0936. The van der Waals surface area contributed by atoms with Crippen molar-refractivity contribution in [2.45, 2.75) is 37.3 Å². The van der Waals surface area contributed by atoms with E-state index in [0.29, 0.717) is 21.3 Å². The molecular weight excluding hydrogens is 379 g/mol. The molecule has 0 unspecified atom stereocenters. The van der Waals surface area contributed by atoms with E-state index in [0.717, 1.165) is 0 Å². The van der Waals surface area contributed by atoms with E-state index in [1.807, 2.05) is 0 Å². The Hall–Kier alpha value is 0.623. The molecule has 0 aromatic carbocycles. The Kier molecular flexibility index (Phi) is 5.11. The van der Waals surface area contributed by atoms with Gasteiger partial charge in [-0.05, 0) is 0 Å². The van der Waals surface area contributed by atoms with E-state index in [1.165, 1.54) is 15.2 Å². The SMILES string of the molecule is CC1=C[CH]=[V][C]([CH2][W][CH2]C(C)(C)C)=C1. The van der Waals surface area contributed by atoms with Crippen LogP contribution in [0.3, 0.4) is 0 Å². The van der Waals surface area contributed by atoms with Crippen molar-refractivity contribution in [1.82, 2.24) is 0 Å². The first-order valence-corrected chi connectivity index (χ1v) is 10.6. The van der Waals surface area contributed by atoms with Gasteiger partial charge in [0.15, 0.2) is 0 Å². The molecule has 1 aliphatic heterocycles. The summed E-state index contributed by atoms with van der Waals surface area (Å²) in [6.07, 6.45) is 4.71. The summed E-state index contributed by atoms with van der Waals surface area (Å²) >= 11 is 0.318. The molecule has 0 bridgehead atoms. The monoisotopic (exact) mass is 398 g/mol. The van der Waals surface area contributed by atoms with Gasteiger partial charge in [0.25, 0.3) is 0 Å². The molecule has 1 heterocycles. The number of rotatable bonds is 3. The molecule has 0 aliphatic carbocycles. The standard InChI is InChI=1S/C7H8.C5H11.V.W/c1-4-6-7(3)5-2;1-5(2,3)4;;/h2,5-6H,1H2,3H3;1H2,2-4H3;;. The van der Waals surface area contributed by atoms with Crippen LogP contribution in [0.5, 0.6) is 0 Å². The molecule has 0 amide bonds. The second-order valence-electron chi connectivity index (χ2n) is 4.88. The fourth-order valence-corrected chi connectivity index (χ4v) is 8.36. The summed E-state index contributed by atoms with van der Waals surface area (Å²) in [7, 11) is 0. The summed E-state index contributed by atoms with van der Waals surface area (Å²) in [5, 5.41) is 0. The van der Waals surface area contributed by atoms with Crippen molar-refractivity contribution in [3.05, 3.63) is 22.0 Å². The molecule has 0 fully saturated rings. The third-order valence-electron chi connectivity index (χ3n) is 1.76. The van der Waals surface area contributed by atoms with E-state index in [2.05, 4.69) is 44.6 Å². The van der Waals surface area contributed by atoms with E-state index in [9.17, 15) is 0 Å². The van der Waals surface area contributed by atoms with Gasteiger partial charge >= 0.3 is 104 Å². The number of hydrogen-bond donors (Lipinski definition) is 0. The topological polar surface area (TPSA) is 0 Å². The zero-order valence-corrected chi connectivity index (χ0v) is 13.8. The first-order valence-electron chi connectivity index (χ1n) is 4.97. The van der Waals surface area contributed by atoms with E-state index in [1.54, 1.807) is 4.28 Å². The van der Waals surface area contributed by atoms with Gasteiger partial charge in [-0.1, -0.05) is 0 Å². The fourth-order valence-electron chi connectivity index (χ4n) is 1.14. The van der Waals surface area contributed by atoms with Crippen LogP contribution < -0.4 is 0 Å². The van der Waals surface area contributed by atoms with Crippen molar-refractivity contribution < 1.29 is 34.4 Å². The molecule has 14 heavy (non-hydrogen) atoms. The molecular formula is C12H19VW. The van der Waals surface area contributed by atoms with Gasteiger partial charge in [0.05, 0.1) is 0 Å².